The van der Waals surface area contributed by atoms with Crippen LogP contribution in [0.5, 0.6) is 0 Å². The molecule has 0 saturated heterocycles. The number of rotatable bonds is 7. The van der Waals surface area contributed by atoms with Crippen LogP contribution in [0.3, 0.4) is 0 Å². The van der Waals surface area contributed by atoms with Crippen LogP contribution >= 0.6 is 0 Å². The van der Waals surface area contributed by atoms with Gasteiger partial charge in [0.25, 0.3) is 0 Å². The van der Waals surface area contributed by atoms with Gasteiger partial charge in [-0.3, -0.25) is 4.79 Å². The van der Waals surface area contributed by atoms with E-state index in [0.717, 1.165) is 26.0 Å². The number of carboxylic acids is 1. The Morgan fingerprint density at radius 1 is 1.53 bits per heavy atom. The quantitative estimate of drug-likeness (QED) is 0.743. The van der Waals surface area contributed by atoms with Crippen molar-refractivity contribution >= 4 is 5.97 Å². The molecule has 1 saturated carbocycles. The lowest BCUT2D eigenvalue weighted by Gasteiger charge is -2.55. The zero-order valence-corrected chi connectivity index (χ0v) is 11.4. The maximum Gasteiger partial charge on any atom is 0.303 e. The van der Waals surface area contributed by atoms with Crippen LogP contribution in [0.15, 0.2) is 0 Å². The Kier molecular flexibility index (Phi) is 4.95. The van der Waals surface area contributed by atoms with Gasteiger partial charge in [-0.15, -0.1) is 0 Å². The highest BCUT2D eigenvalue weighted by Gasteiger charge is 2.50. The second-order valence-corrected chi connectivity index (χ2v) is 5.49. The smallest absolute Gasteiger partial charge is 0.303 e. The van der Waals surface area contributed by atoms with E-state index in [1.165, 1.54) is 0 Å². The average Bonchev–Trinajstić information content (AvgIpc) is 2.22. The van der Waals surface area contributed by atoms with Crippen molar-refractivity contribution in [1.82, 2.24) is 4.90 Å². The zero-order valence-electron chi connectivity index (χ0n) is 11.4. The molecule has 0 aromatic rings. The molecule has 1 aliphatic rings. The summed E-state index contributed by atoms with van der Waals surface area (Å²) in [7, 11) is 2.08. The van der Waals surface area contributed by atoms with Crippen LogP contribution in [0.1, 0.15) is 40.0 Å². The number of carbonyl (C=O) groups is 1. The summed E-state index contributed by atoms with van der Waals surface area (Å²) in [6.45, 7) is 8.10. The number of hydrogen-bond donors (Lipinski definition) is 1. The summed E-state index contributed by atoms with van der Waals surface area (Å²) >= 11 is 0. The molecule has 0 bridgehead atoms. The lowest BCUT2D eigenvalue weighted by molar-refractivity contribution is -0.146. The van der Waals surface area contributed by atoms with Crippen LogP contribution < -0.4 is 0 Å². The van der Waals surface area contributed by atoms with E-state index < -0.39 is 5.97 Å². The van der Waals surface area contributed by atoms with Crippen LogP contribution in [0.25, 0.3) is 0 Å². The molecule has 1 N–H and O–H groups in total. The molecule has 1 rings (SSSR count). The van der Waals surface area contributed by atoms with Crippen molar-refractivity contribution in [2.75, 3.05) is 20.2 Å². The van der Waals surface area contributed by atoms with E-state index in [4.69, 9.17) is 9.84 Å². The Balaban J connectivity index is 2.34. The van der Waals surface area contributed by atoms with Crippen LogP contribution in [-0.2, 0) is 9.53 Å². The third kappa shape index (κ3) is 3.42. The summed E-state index contributed by atoms with van der Waals surface area (Å²) < 4.78 is 5.70. The first-order valence-corrected chi connectivity index (χ1v) is 6.43. The molecular weight excluding hydrogens is 218 g/mol. The number of ether oxygens (including phenoxy) is 1. The third-order valence-corrected chi connectivity index (χ3v) is 3.93. The maximum absolute atomic E-state index is 10.5. The number of carboxylic acid groups (broad SMARTS) is 1. The average molecular weight is 243 g/mol. The van der Waals surface area contributed by atoms with E-state index in [0.29, 0.717) is 12.1 Å². The second kappa shape index (κ2) is 5.83. The van der Waals surface area contributed by atoms with E-state index in [1.54, 1.807) is 0 Å². The Bertz CT molecular complexity index is 265. The fraction of sp³-hybridized carbons (Fsp3) is 0.923. The molecule has 0 spiro atoms. The largest absolute Gasteiger partial charge is 0.481 e. The van der Waals surface area contributed by atoms with Gasteiger partial charge in [-0.1, -0.05) is 13.8 Å². The highest BCUT2D eigenvalue weighted by Crippen LogP contribution is 2.45. The number of nitrogens with zero attached hydrogens (tertiary/aromatic N) is 1. The van der Waals surface area contributed by atoms with Gasteiger partial charge >= 0.3 is 5.97 Å². The van der Waals surface area contributed by atoms with Crippen molar-refractivity contribution in [2.45, 2.75) is 52.2 Å². The van der Waals surface area contributed by atoms with Crippen molar-refractivity contribution in [1.29, 1.82) is 0 Å². The van der Waals surface area contributed by atoms with Gasteiger partial charge in [0, 0.05) is 24.5 Å². The third-order valence-electron chi connectivity index (χ3n) is 3.93. The van der Waals surface area contributed by atoms with Crippen LogP contribution in [0.2, 0.25) is 0 Å². The van der Waals surface area contributed by atoms with Gasteiger partial charge in [0.15, 0.2) is 0 Å². The minimum atomic E-state index is -0.710. The Morgan fingerprint density at radius 2 is 2.18 bits per heavy atom. The van der Waals surface area contributed by atoms with Crippen molar-refractivity contribution in [3.05, 3.63) is 0 Å². The summed E-state index contributed by atoms with van der Waals surface area (Å²) in [5.74, 6) is -0.710. The Morgan fingerprint density at radius 3 is 2.65 bits per heavy atom. The van der Waals surface area contributed by atoms with Crippen molar-refractivity contribution in [3.8, 4) is 0 Å². The molecule has 0 heterocycles. The highest BCUT2D eigenvalue weighted by molar-refractivity contribution is 5.66. The first kappa shape index (κ1) is 14.5. The lowest BCUT2D eigenvalue weighted by Crippen LogP contribution is -2.61. The highest BCUT2D eigenvalue weighted by atomic mass is 16.5. The van der Waals surface area contributed by atoms with Crippen molar-refractivity contribution < 1.29 is 14.6 Å². The first-order chi connectivity index (χ1) is 7.89. The standard InChI is InChI=1S/C13H25NO3/c1-5-17-11-9-10(13(11,2)3)14(4)8-6-7-12(15)16/h10-11H,5-9H2,1-4H3,(H,15,16)/t10-,11+/m1/s1. The summed E-state index contributed by atoms with van der Waals surface area (Å²) in [5.41, 5.74) is 0.175. The lowest BCUT2D eigenvalue weighted by atomic mass is 9.64. The molecular formula is C13H25NO3. The topological polar surface area (TPSA) is 49.8 Å². The van der Waals surface area contributed by atoms with Gasteiger partial charge in [-0.2, -0.15) is 0 Å². The molecule has 0 amide bonds. The van der Waals surface area contributed by atoms with Gasteiger partial charge in [-0.25, -0.2) is 0 Å². The number of hydrogen-bond acceptors (Lipinski definition) is 3. The Labute approximate surface area is 104 Å². The van der Waals surface area contributed by atoms with E-state index >= 15 is 0 Å². The minimum Gasteiger partial charge on any atom is -0.481 e. The fourth-order valence-electron chi connectivity index (χ4n) is 2.73. The normalized spacial score (nSPS) is 26.9. The molecule has 4 heteroatoms. The maximum atomic E-state index is 10.5. The Hall–Kier alpha value is -0.610. The van der Waals surface area contributed by atoms with Gasteiger partial charge < -0.3 is 14.7 Å². The fourth-order valence-corrected chi connectivity index (χ4v) is 2.73. The second-order valence-electron chi connectivity index (χ2n) is 5.49. The molecule has 0 radical (unpaired) electrons. The molecule has 1 fully saturated rings. The van der Waals surface area contributed by atoms with Crippen LogP contribution in [0, 0.1) is 5.41 Å². The van der Waals surface area contributed by atoms with Crippen LogP contribution in [-0.4, -0.2) is 48.3 Å². The van der Waals surface area contributed by atoms with Gasteiger partial charge in [0.1, 0.15) is 0 Å². The van der Waals surface area contributed by atoms with E-state index in [9.17, 15) is 4.79 Å². The van der Waals surface area contributed by atoms with E-state index in [2.05, 4.69) is 25.8 Å². The molecule has 100 valence electrons. The van der Waals surface area contributed by atoms with Crippen molar-refractivity contribution in [2.24, 2.45) is 5.41 Å². The molecule has 0 aromatic carbocycles. The summed E-state index contributed by atoms with van der Waals surface area (Å²) in [6, 6.07) is 0.507. The van der Waals surface area contributed by atoms with Gasteiger partial charge in [0.05, 0.1) is 6.10 Å². The molecule has 4 nitrogen and oxygen atoms in total. The first-order valence-electron chi connectivity index (χ1n) is 6.43. The minimum absolute atomic E-state index is 0.175. The molecule has 17 heavy (non-hydrogen) atoms. The summed E-state index contributed by atoms with van der Waals surface area (Å²) in [5, 5.41) is 8.61. The van der Waals surface area contributed by atoms with E-state index in [-0.39, 0.29) is 11.8 Å². The predicted molar refractivity (Wildman–Crippen MR) is 67.1 cm³/mol. The zero-order chi connectivity index (χ0) is 13.1. The molecule has 0 unspecified atom stereocenters. The van der Waals surface area contributed by atoms with Gasteiger partial charge in [0.2, 0.25) is 0 Å². The van der Waals surface area contributed by atoms with Crippen molar-refractivity contribution in [3.63, 3.8) is 0 Å². The molecule has 0 aromatic heterocycles. The van der Waals surface area contributed by atoms with E-state index in [1.807, 2.05) is 6.92 Å². The summed E-state index contributed by atoms with van der Waals surface area (Å²) in [6.07, 6.45) is 2.38. The van der Waals surface area contributed by atoms with Gasteiger partial charge in [-0.05, 0) is 33.4 Å². The monoisotopic (exact) mass is 243 g/mol. The molecule has 0 aliphatic heterocycles. The predicted octanol–water partition coefficient (Wildman–Crippen LogP) is 1.99. The SMILES string of the molecule is CCO[C@H]1C[C@@H](N(C)CCCC(=O)O)C1(C)C. The molecule has 1 aliphatic carbocycles. The summed E-state index contributed by atoms with van der Waals surface area (Å²) in [4.78, 5) is 12.7. The molecule has 2 atom stereocenters. The van der Waals surface area contributed by atoms with Crippen LogP contribution in [0.4, 0.5) is 0 Å². The number of aliphatic carboxylic acids is 1.